The van der Waals surface area contributed by atoms with E-state index < -0.39 is 17.7 Å². The quantitative estimate of drug-likeness (QED) is 0.0614. The van der Waals surface area contributed by atoms with Gasteiger partial charge in [0.25, 0.3) is 5.78 Å². The van der Waals surface area contributed by atoms with E-state index in [1.807, 2.05) is 30.3 Å². The van der Waals surface area contributed by atoms with Gasteiger partial charge in [-0.05, 0) is 65.9 Å². The summed E-state index contributed by atoms with van der Waals surface area (Å²) in [6.45, 7) is 4.76. The summed E-state index contributed by atoms with van der Waals surface area (Å²) in [6, 6.07) is 20.2. The second-order valence-corrected chi connectivity index (χ2v) is 13.0. The van der Waals surface area contributed by atoms with Gasteiger partial charge in [0.2, 0.25) is 5.13 Å². The molecule has 42 heavy (non-hydrogen) atoms. The van der Waals surface area contributed by atoms with E-state index >= 15 is 0 Å². The van der Waals surface area contributed by atoms with E-state index in [0.29, 0.717) is 49.5 Å². The molecule has 11 heteroatoms. The number of ketones is 1. The Morgan fingerprint density at radius 2 is 1.81 bits per heavy atom. The van der Waals surface area contributed by atoms with Crippen molar-refractivity contribution >= 4 is 68.9 Å². The lowest BCUT2D eigenvalue weighted by molar-refractivity contribution is -0.132. The van der Waals surface area contributed by atoms with Crippen molar-refractivity contribution in [3.63, 3.8) is 0 Å². The number of amides is 1. The number of halogens is 2. The molecule has 1 saturated heterocycles. The molecule has 7 nitrogen and oxygen atoms in total. The van der Waals surface area contributed by atoms with Crippen LogP contribution in [0.2, 0.25) is 10.0 Å². The number of anilines is 1. The van der Waals surface area contributed by atoms with Crippen LogP contribution in [0.15, 0.2) is 82.7 Å². The van der Waals surface area contributed by atoms with Gasteiger partial charge in [0.1, 0.15) is 11.5 Å². The van der Waals surface area contributed by atoms with E-state index in [0.717, 1.165) is 12.0 Å². The maximum Gasteiger partial charge on any atom is 0.301 e. The number of rotatable bonds is 10. The standard InChI is InChI=1S/C31H27Cl2N3O4S2/c1-18(2)14-15-40-23-8-5-7-20(16-23)26-25(27(37)19-10-12-22(32)13-11-19)28(38)29(39)36(26)30-34-35-31(42-30)41-17-21-6-3-4-9-24(21)33/h3-13,16,18,26,37H,14-15,17H2,1-2H3/b27-25+. The number of benzene rings is 3. The molecule has 5 rings (SSSR count). The van der Waals surface area contributed by atoms with E-state index in [2.05, 4.69) is 24.0 Å². The molecule has 1 amide bonds. The molecule has 2 heterocycles. The van der Waals surface area contributed by atoms with E-state index in [1.54, 1.807) is 42.5 Å². The monoisotopic (exact) mass is 639 g/mol. The molecule has 4 aromatic rings. The molecular formula is C31H27Cl2N3O4S2. The SMILES string of the molecule is CC(C)CCOc1cccc(C2/C(=C(\O)c3ccc(Cl)cc3)C(=O)C(=O)N2c2nnc(SCc3ccccc3Cl)s2)c1. The zero-order valence-corrected chi connectivity index (χ0v) is 25.9. The maximum absolute atomic E-state index is 13.5. The zero-order chi connectivity index (χ0) is 29.8. The Labute approximate surface area is 262 Å². The first-order valence-electron chi connectivity index (χ1n) is 13.2. The number of thioether (sulfide) groups is 1. The lowest BCUT2D eigenvalue weighted by atomic mass is 9.95. The number of aliphatic hydroxyl groups excluding tert-OH is 1. The van der Waals surface area contributed by atoms with Crippen LogP contribution < -0.4 is 9.64 Å². The van der Waals surface area contributed by atoms with Gasteiger partial charge >= 0.3 is 5.91 Å². The Morgan fingerprint density at radius 3 is 2.55 bits per heavy atom. The highest BCUT2D eigenvalue weighted by atomic mass is 35.5. The molecular weight excluding hydrogens is 613 g/mol. The van der Waals surface area contributed by atoms with Gasteiger partial charge in [0.05, 0.1) is 18.2 Å². The summed E-state index contributed by atoms with van der Waals surface area (Å²) < 4.78 is 6.58. The van der Waals surface area contributed by atoms with Crippen LogP contribution in [0.25, 0.3) is 5.76 Å². The topological polar surface area (TPSA) is 92.6 Å². The number of carbonyl (C=O) groups is 2. The third-order valence-electron chi connectivity index (χ3n) is 6.61. The molecule has 1 N–H and O–H groups in total. The highest BCUT2D eigenvalue weighted by Gasteiger charge is 2.48. The van der Waals surface area contributed by atoms with Gasteiger partial charge in [-0.1, -0.05) is 90.5 Å². The Kier molecular flexibility index (Phi) is 9.53. The van der Waals surface area contributed by atoms with Gasteiger partial charge < -0.3 is 9.84 Å². The van der Waals surface area contributed by atoms with Crippen LogP contribution in [-0.4, -0.2) is 33.6 Å². The molecule has 0 spiro atoms. The van der Waals surface area contributed by atoms with Crippen LogP contribution in [-0.2, 0) is 15.3 Å². The Hall–Kier alpha value is -3.37. The van der Waals surface area contributed by atoms with Crippen LogP contribution >= 0.6 is 46.3 Å². The first-order chi connectivity index (χ1) is 20.2. The summed E-state index contributed by atoms with van der Waals surface area (Å²) in [4.78, 5) is 28.4. The third-order valence-corrected chi connectivity index (χ3v) is 9.34. The maximum atomic E-state index is 13.5. The van der Waals surface area contributed by atoms with Crippen molar-refractivity contribution in [3.05, 3.63) is 105 Å². The molecule has 0 radical (unpaired) electrons. The largest absolute Gasteiger partial charge is 0.507 e. The summed E-state index contributed by atoms with van der Waals surface area (Å²) in [7, 11) is 0. The molecule has 0 bridgehead atoms. The fraction of sp³-hybridized carbons (Fsp3) is 0.226. The van der Waals surface area contributed by atoms with E-state index in [4.69, 9.17) is 27.9 Å². The fourth-order valence-electron chi connectivity index (χ4n) is 4.41. The molecule has 0 aliphatic carbocycles. The number of hydrogen-bond donors (Lipinski definition) is 1. The summed E-state index contributed by atoms with van der Waals surface area (Å²) in [6.07, 6.45) is 0.874. The molecule has 1 atom stereocenters. The minimum atomic E-state index is -0.955. The summed E-state index contributed by atoms with van der Waals surface area (Å²) in [5, 5.41) is 21.3. The predicted octanol–water partition coefficient (Wildman–Crippen LogP) is 8.19. The first kappa shape index (κ1) is 30.1. The fourth-order valence-corrected chi connectivity index (χ4v) is 6.69. The van der Waals surface area contributed by atoms with Gasteiger partial charge in [0, 0.05) is 21.4 Å². The average Bonchev–Trinajstić information content (AvgIpc) is 3.54. The van der Waals surface area contributed by atoms with E-state index in [9.17, 15) is 14.7 Å². The van der Waals surface area contributed by atoms with Crippen molar-refractivity contribution in [1.29, 1.82) is 0 Å². The lowest BCUT2D eigenvalue weighted by Crippen LogP contribution is -2.29. The molecule has 1 fully saturated rings. The highest BCUT2D eigenvalue weighted by molar-refractivity contribution is 8.00. The van der Waals surface area contributed by atoms with Gasteiger partial charge in [-0.3, -0.25) is 14.5 Å². The smallest absolute Gasteiger partial charge is 0.301 e. The Balaban J connectivity index is 1.53. The molecule has 1 unspecified atom stereocenters. The zero-order valence-electron chi connectivity index (χ0n) is 22.8. The van der Waals surface area contributed by atoms with Crippen LogP contribution in [0.5, 0.6) is 5.75 Å². The number of carbonyl (C=O) groups excluding carboxylic acids is 2. The van der Waals surface area contributed by atoms with Crippen molar-refractivity contribution < 1.29 is 19.4 Å². The van der Waals surface area contributed by atoms with Crippen LogP contribution in [0.4, 0.5) is 5.13 Å². The van der Waals surface area contributed by atoms with Crippen molar-refractivity contribution in [2.45, 2.75) is 36.4 Å². The van der Waals surface area contributed by atoms with Gasteiger partial charge in [-0.2, -0.15) is 0 Å². The van der Waals surface area contributed by atoms with Crippen molar-refractivity contribution in [2.24, 2.45) is 5.92 Å². The molecule has 1 aliphatic heterocycles. The van der Waals surface area contributed by atoms with Crippen molar-refractivity contribution in [3.8, 4) is 5.75 Å². The number of aliphatic hydroxyl groups is 1. The first-order valence-corrected chi connectivity index (χ1v) is 15.8. The average molecular weight is 641 g/mol. The number of nitrogens with zero attached hydrogens (tertiary/aromatic N) is 3. The number of hydrogen-bond acceptors (Lipinski definition) is 8. The minimum absolute atomic E-state index is 0.0536. The van der Waals surface area contributed by atoms with Crippen molar-refractivity contribution in [1.82, 2.24) is 10.2 Å². The Morgan fingerprint density at radius 1 is 1.05 bits per heavy atom. The molecule has 3 aromatic carbocycles. The normalized spacial score (nSPS) is 16.4. The molecule has 1 aromatic heterocycles. The van der Waals surface area contributed by atoms with Crippen LogP contribution in [0.3, 0.4) is 0 Å². The number of Topliss-reactive ketones (excluding diaryl/α,β-unsaturated/α-hetero) is 1. The third kappa shape index (κ3) is 6.65. The summed E-state index contributed by atoms with van der Waals surface area (Å²) in [5.74, 6) is -0.301. The predicted molar refractivity (Wildman–Crippen MR) is 169 cm³/mol. The minimum Gasteiger partial charge on any atom is -0.507 e. The summed E-state index contributed by atoms with van der Waals surface area (Å²) >= 11 is 15.0. The Bertz CT molecular complexity index is 1640. The molecule has 1 aliphatic rings. The number of ether oxygens (including phenoxy) is 1. The lowest BCUT2D eigenvalue weighted by Gasteiger charge is -2.23. The van der Waals surface area contributed by atoms with E-state index in [1.165, 1.54) is 28.0 Å². The number of aromatic nitrogens is 2. The van der Waals surface area contributed by atoms with Gasteiger partial charge in [0.15, 0.2) is 4.34 Å². The molecule has 0 saturated carbocycles. The van der Waals surface area contributed by atoms with Gasteiger partial charge in [-0.25, -0.2) is 0 Å². The second kappa shape index (κ2) is 13.3. The van der Waals surface area contributed by atoms with Crippen LogP contribution in [0.1, 0.15) is 43.0 Å². The van der Waals surface area contributed by atoms with Crippen LogP contribution in [0, 0.1) is 5.92 Å². The van der Waals surface area contributed by atoms with Crippen molar-refractivity contribution in [2.75, 3.05) is 11.5 Å². The summed E-state index contributed by atoms with van der Waals surface area (Å²) in [5.41, 5.74) is 1.84. The molecule has 216 valence electrons. The highest BCUT2D eigenvalue weighted by Crippen LogP contribution is 2.44. The van der Waals surface area contributed by atoms with Gasteiger partial charge in [-0.15, -0.1) is 10.2 Å². The van der Waals surface area contributed by atoms with E-state index in [-0.39, 0.29) is 16.5 Å². The second-order valence-electron chi connectivity index (χ2n) is 10.0.